The molecule has 0 saturated carbocycles. The van der Waals surface area contributed by atoms with Crippen molar-refractivity contribution >= 4 is 51.0 Å². The minimum atomic E-state index is -3.72. The highest BCUT2D eigenvalue weighted by atomic mass is 35.5. The van der Waals surface area contributed by atoms with Crippen LogP contribution in [0.5, 0.6) is 0 Å². The lowest BCUT2D eigenvalue weighted by atomic mass is 10.3. The molecule has 1 amide bonds. The van der Waals surface area contributed by atoms with Crippen LogP contribution in [0.2, 0.25) is 4.34 Å². The first kappa shape index (κ1) is 16.9. The lowest BCUT2D eigenvalue weighted by molar-refractivity contribution is -0.118. The van der Waals surface area contributed by atoms with Crippen LogP contribution >= 0.6 is 22.9 Å². The van der Waals surface area contributed by atoms with Crippen LogP contribution in [0.4, 0.5) is 11.6 Å². The predicted molar refractivity (Wildman–Crippen MR) is 92.0 cm³/mol. The van der Waals surface area contributed by atoms with Crippen LogP contribution in [0.1, 0.15) is 0 Å². The van der Waals surface area contributed by atoms with E-state index in [0.29, 0.717) is 36.3 Å². The standard InChI is InChI=1S/C13H14ClN5O3S2/c14-10-1-4-13(23-10)24(21,22)17-11-2-3-12(16-15-11)19-7-5-18(9-20)6-8-19/h1-4,9H,5-8H2,(H,15,17). The van der Waals surface area contributed by atoms with Crippen LogP contribution in [0.15, 0.2) is 28.5 Å². The molecule has 1 aliphatic heterocycles. The van der Waals surface area contributed by atoms with Crippen LogP contribution in [0.25, 0.3) is 0 Å². The summed E-state index contributed by atoms with van der Waals surface area (Å²) in [5, 5.41) is 7.97. The zero-order chi connectivity index (χ0) is 17.2. The maximum absolute atomic E-state index is 12.2. The molecule has 1 saturated heterocycles. The molecule has 0 radical (unpaired) electrons. The predicted octanol–water partition coefficient (Wildman–Crippen LogP) is 1.27. The average Bonchev–Trinajstić information content (AvgIpc) is 3.03. The number of thiophene rings is 1. The fourth-order valence-electron chi connectivity index (χ4n) is 2.23. The molecule has 1 fully saturated rings. The van der Waals surface area contributed by atoms with Gasteiger partial charge in [-0.25, -0.2) is 8.42 Å². The van der Waals surface area contributed by atoms with E-state index in [4.69, 9.17) is 11.6 Å². The van der Waals surface area contributed by atoms with E-state index < -0.39 is 10.0 Å². The van der Waals surface area contributed by atoms with Crippen molar-refractivity contribution in [2.75, 3.05) is 35.8 Å². The van der Waals surface area contributed by atoms with Crippen molar-refractivity contribution in [3.05, 3.63) is 28.6 Å². The molecule has 24 heavy (non-hydrogen) atoms. The lowest BCUT2D eigenvalue weighted by Crippen LogP contribution is -2.46. The average molecular weight is 388 g/mol. The molecule has 0 aromatic carbocycles. The van der Waals surface area contributed by atoms with Gasteiger partial charge in [0.1, 0.15) is 4.21 Å². The SMILES string of the molecule is O=CN1CCN(c2ccc(NS(=O)(=O)c3ccc(Cl)s3)nn2)CC1. The number of hydrogen-bond acceptors (Lipinski definition) is 7. The van der Waals surface area contributed by atoms with E-state index in [1.165, 1.54) is 12.1 Å². The number of carbonyl (C=O) groups is 1. The van der Waals surface area contributed by atoms with Crippen LogP contribution in [0, 0.1) is 0 Å². The number of halogens is 1. The highest BCUT2D eigenvalue weighted by molar-refractivity contribution is 7.94. The molecule has 0 unspecified atom stereocenters. The van der Waals surface area contributed by atoms with Crippen LogP contribution in [-0.4, -0.2) is 56.1 Å². The van der Waals surface area contributed by atoms with Gasteiger partial charge in [-0.1, -0.05) is 11.6 Å². The molecule has 0 bridgehead atoms. The number of sulfonamides is 1. The van der Waals surface area contributed by atoms with Gasteiger partial charge in [0.25, 0.3) is 10.0 Å². The van der Waals surface area contributed by atoms with Gasteiger partial charge in [0.05, 0.1) is 4.34 Å². The van der Waals surface area contributed by atoms with Crippen molar-refractivity contribution in [1.82, 2.24) is 15.1 Å². The van der Waals surface area contributed by atoms with Gasteiger partial charge in [0.2, 0.25) is 6.41 Å². The second-order valence-corrected chi connectivity index (χ2v) is 8.69. The van der Waals surface area contributed by atoms with E-state index in [0.717, 1.165) is 17.7 Å². The Bertz CT molecular complexity index is 816. The zero-order valence-electron chi connectivity index (χ0n) is 12.4. The first-order chi connectivity index (χ1) is 11.5. The van der Waals surface area contributed by atoms with Crippen molar-refractivity contribution in [3.8, 4) is 0 Å². The quantitative estimate of drug-likeness (QED) is 0.776. The Hall–Kier alpha value is -1.91. The summed E-state index contributed by atoms with van der Waals surface area (Å²) in [5.41, 5.74) is 0. The molecule has 0 aliphatic carbocycles. The second-order valence-electron chi connectivity index (χ2n) is 5.07. The maximum atomic E-state index is 12.2. The highest BCUT2D eigenvalue weighted by Gasteiger charge is 2.19. The Balaban J connectivity index is 1.68. The fraction of sp³-hybridized carbons (Fsp3) is 0.308. The van der Waals surface area contributed by atoms with Gasteiger partial charge in [-0.2, -0.15) is 0 Å². The van der Waals surface area contributed by atoms with Gasteiger partial charge in [-0.15, -0.1) is 21.5 Å². The number of amides is 1. The fourth-order valence-corrected chi connectivity index (χ4v) is 4.71. The number of anilines is 2. The van der Waals surface area contributed by atoms with E-state index in [-0.39, 0.29) is 10.0 Å². The van der Waals surface area contributed by atoms with E-state index in [2.05, 4.69) is 14.9 Å². The Labute approximate surface area is 148 Å². The summed E-state index contributed by atoms with van der Waals surface area (Å²) in [6.45, 7) is 2.57. The maximum Gasteiger partial charge on any atom is 0.272 e. The third kappa shape index (κ3) is 3.77. The molecule has 0 atom stereocenters. The van der Waals surface area contributed by atoms with Crippen LogP contribution < -0.4 is 9.62 Å². The van der Waals surface area contributed by atoms with Crippen LogP contribution in [0.3, 0.4) is 0 Å². The molecular formula is C13H14ClN5O3S2. The Kier molecular flexibility index (Phi) is 4.88. The number of piperazine rings is 1. The Morgan fingerprint density at radius 2 is 1.88 bits per heavy atom. The number of rotatable bonds is 5. The van der Waals surface area contributed by atoms with E-state index >= 15 is 0 Å². The summed E-state index contributed by atoms with van der Waals surface area (Å²) in [6, 6.07) is 6.21. The van der Waals surface area contributed by atoms with Crippen LogP contribution in [-0.2, 0) is 14.8 Å². The Morgan fingerprint density at radius 1 is 1.12 bits per heavy atom. The number of nitrogens with zero attached hydrogens (tertiary/aromatic N) is 4. The molecule has 1 N–H and O–H groups in total. The molecule has 11 heteroatoms. The summed E-state index contributed by atoms with van der Waals surface area (Å²) in [4.78, 5) is 14.4. The van der Waals surface area contributed by atoms with Gasteiger partial charge in [0, 0.05) is 26.2 Å². The van der Waals surface area contributed by atoms with E-state index in [9.17, 15) is 13.2 Å². The molecule has 0 spiro atoms. The number of carbonyl (C=O) groups excluding carboxylic acids is 1. The molecule has 2 aromatic rings. The molecular weight excluding hydrogens is 374 g/mol. The zero-order valence-corrected chi connectivity index (χ0v) is 14.8. The van der Waals surface area contributed by atoms with Gasteiger partial charge in [0.15, 0.2) is 11.6 Å². The van der Waals surface area contributed by atoms with Crippen molar-refractivity contribution in [2.24, 2.45) is 0 Å². The molecule has 1 aliphatic rings. The van der Waals surface area contributed by atoms with Crippen molar-refractivity contribution in [1.29, 1.82) is 0 Å². The summed E-state index contributed by atoms with van der Waals surface area (Å²) in [7, 11) is -3.72. The van der Waals surface area contributed by atoms with Gasteiger partial charge >= 0.3 is 0 Å². The van der Waals surface area contributed by atoms with E-state index in [1.54, 1.807) is 17.0 Å². The normalized spacial score (nSPS) is 15.4. The third-order valence-electron chi connectivity index (χ3n) is 3.49. The third-order valence-corrected chi connectivity index (χ3v) is 6.57. The largest absolute Gasteiger partial charge is 0.352 e. The monoisotopic (exact) mass is 387 g/mol. The molecule has 128 valence electrons. The number of nitrogens with one attached hydrogen (secondary N) is 1. The molecule has 3 heterocycles. The summed E-state index contributed by atoms with van der Waals surface area (Å²) in [6.07, 6.45) is 0.831. The number of hydrogen-bond donors (Lipinski definition) is 1. The lowest BCUT2D eigenvalue weighted by Gasteiger charge is -2.32. The van der Waals surface area contributed by atoms with Crippen molar-refractivity contribution in [3.63, 3.8) is 0 Å². The van der Waals surface area contributed by atoms with Crippen molar-refractivity contribution in [2.45, 2.75) is 4.21 Å². The first-order valence-electron chi connectivity index (χ1n) is 7.04. The van der Waals surface area contributed by atoms with E-state index in [1.807, 2.05) is 4.90 Å². The van der Waals surface area contributed by atoms with Gasteiger partial charge < -0.3 is 9.80 Å². The Morgan fingerprint density at radius 3 is 2.42 bits per heavy atom. The van der Waals surface area contributed by atoms with Gasteiger partial charge in [-0.3, -0.25) is 9.52 Å². The minimum Gasteiger partial charge on any atom is -0.352 e. The van der Waals surface area contributed by atoms with Gasteiger partial charge in [-0.05, 0) is 24.3 Å². The van der Waals surface area contributed by atoms with Crippen molar-refractivity contribution < 1.29 is 13.2 Å². The minimum absolute atomic E-state index is 0.114. The molecule has 2 aromatic heterocycles. The first-order valence-corrected chi connectivity index (χ1v) is 9.72. The summed E-state index contributed by atoms with van der Waals surface area (Å²) < 4.78 is 27.3. The summed E-state index contributed by atoms with van der Waals surface area (Å²) in [5.74, 6) is 0.775. The molecule has 3 rings (SSSR count). The summed E-state index contributed by atoms with van der Waals surface area (Å²) >= 11 is 6.73. The number of aromatic nitrogens is 2. The smallest absolute Gasteiger partial charge is 0.272 e. The highest BCUT2D eigenvalue weighted by Crippen LogP contribution is 2.27. The topological polar surface area (TPSA) is 95.5 Å². The second kappa shape index (κ2) is 6.91. The molecule has 8 nitrogen and oxygen atoms in total.